The van der Waals surface area contributed by atoms with Crippen LogP contribution < -0.4 is 0 Å². The van der Waals surface area contributed by atoms with Gasteiger partial charge >= 0.3 is 0 Å². The first kappa shape index (κ1) is 30.3. The molecule has 3 aromatic rings. The van der Waals surface area contributed by atoms with E-state index in [9.17, 15) is 0 Å². The van der Waals surface area contributed by atoms with E-state index in [2.05, 4.69) is 31.9 Å². The summed E-state index contributed by atoms with van der Waals surface area (Å²) in [6.45, 7) is 2.57. The molecule has 1 heterocycles. The van der Waals surface area contributed by atoms with Crippen molar-refractivity contribution in [2.75, 3.05) is 30.5 Å². The van der Waals surface area contributed by atoms with Crippen LogP contribution >= 0.6 is 31.9 Å². The van der Waals surface area contributed by atoms with Crippen LogP contribution in [0.15, 0.2) is 91.0 Å². The lowest BCUT2D eigenvalue weighted by molar-refractivity contribution is -0.325. The zero-order valence-electron chi connectivity index (χ0n) is 21.9. The maximum atomic E-state index is 6.59. The third-order valence-electron chi connectivity index (χ3n) is 6.30. The summed E-state index contributed by atoms with van der Waals surface area (Å²) in [6.07, 6.45) is -2.45. The average molecular weight is 664 g/mol. The molecular formula is C31H36Br2O6. The van der Waals surface area contributed by atoms with Gasteiger partial charge in [-0.1, -0.05) is 123 Å². The molecule has 0 radical (unpaired) electrons. The molecule has 0 aromatic heterocycles. The minimum Gasteiger partial charge on any atom is -0.374 e. The molecule has 0 saturated carbocycles. The van der Waals surface area contributed by atoms with Gasteiger partial charge in [0.1, 0.15) is 24.4 Å². The first-order valence-electron chi connectivity index (χ1n) is 13.2. The Morgan fingerprint density at radius 1 is 0.538 bits per heavy atom. The van der Waals surface area contributed by atoms with Crippen LogP contribution in [-0.2, 0) is 48.2 Å². The van der Waals surface area contributed by atoms with Gasteiger partial charge in [0.15, 0.2) is 6.29 Å². The molecule has 0 aliphatic carbocycles. The molecule has 8 heteroatoms. The van der Waals surface area contributed by atoms with Gasteiger partial charge in [-0.3, -0.25) is 0 Å². The summed E-state index contributed by atoms with van der Waals surface area (Å²) in [4.78, 5) is 0. The highest BCUT2D eigenvalue weighted by atomic mass is 79.9. The second kappa shape index (κ2) is 17.3. The van der Waals surface area contributed by atoms with E-state index >= 15 is 0 Å². The molecule has 5 atom stereocenters. The fourth-order valence-electron chi connectivity index (χ4n) is 4.46. The van der Waals surface area contributed by atoms with E-state index in [1.807, 2.05) is 91.0 Å². The second-order valence-corrected chi connectivity index (χ2v) is 10.7. The zero-order valence-corrected chi connectivity index (χ0v) is 25.1. The van der Waals surface area contributed by atoms with Crippen molar-refractivity contribution in [2.45, 2.75) is 50.5 Å². The molecule has 1 saturated heterocycles. The zero-order chi connectivity index (χ0) is 27.1. The van der Waals surface area contributed by atoms with Gasteiger partial charge < -0.3 is 28.4 Å². The van der Waals surface area contributed by atoms with Crippen LogP contribution in [-0.4, -0.2) is 61.2 Å². The van der Waals surface area contributed by atoms with Crippen molar-refractivity contribution in [3.8, 4) is 0 Å². The fourth-order valence-corrected chi connectivity index (χ4v) is 4.83. The number of hydrogen-bond donors (Lipinski definition) is 0. The lowest BCUT2D eigenvalue weighted by atomic mass is 9.98. The largest absolute Gasteiger partial charge is 0.374 e. The van der Waals surface area contributed by atoms with E-state index in [1.54, 1.807) is 0 Å². The molecule has 39 heavy (non-hydrogen) atoms. The maximum Gasteiger partial charge on any atom is 0.186 e. The van der Waals surface area contributed by atoms with E-state index < -0.39 is 30.7 Å². The highest BCUT2D eigenvalue weighted by Gasteiger charge is 2.49. The van der Waals surface area contributed by atoms with E-state index in [4.69, 9.17) is 28.4 Å². The van der Waals surface area contributed by atoms with E-state index in [1.165, 1.54) is 0 Å². The minimum atomic E-state index is -0.652. The van der Waals surface area contributed by atoms with Crippen LogP contribution in [0.4, 0.5) is 0 Å². The Morgan fingerprint density at radius 2 is 1.03 bits per heavy atom. The van der Waals surface area contributed by atoms with E-state index in [0.29, 0.717) is 50.3 Å². The molecule has 1 aliphatic rings. The number of halogens is 2. The SMILES string of the molecule is BrCCO[C@H]1O[C@H](COCc2ccccc2)[C@@H](OCCBr)[C@H](OCc2ccccc2)[C@H]1OCc1ccccc1. The average Bonchev–Trinajstić information content (AvgIpc) is 2.99. The predicted molar refractivity (Wildman–Crippen MR) is 158 cm³/mol. The smallest absolute Gasteiger partial charge is 0.186 e. The number of alkyl halides is 2. The van der Waals surface area contributed by atoms with Crippen molar-refractivity contribution < 1.29 is 28.4 Å². The monoisotopic (exact) mass is 662 g/mol. The summed E-state index contributed by atoms with van der Waals surface area (Å²) in [6, 6.07) is 30.3. The normalized spacial score (nSPS) is 23.1. The summed E-state index contributed by atoms with van der Waals surface area (Å²) < 4.78 is 38.2. The number of rotatable bonds is 16. The van der Waals surface area contributed by atoms with Crippen molar-refractivity contribution in [1.29, 1.82) is 0 Å². The standard InChI is InChI=1S/C31H36Br2O6/c32-16-18-35-28-27(23-34-20-24-10-4-1-5-11-24)39-31(36-19-17-33)30(38-22-26-14-8-3-9-15-26)29(28)37-21-25-12-6-2-7-13-25/h1-15,27-31H,16-23H2/t27-,28-,29+,30-,31+/m1/s1. The topological polar surface area (TPSA) is 55.4 Å². The number of hydrogen-bond acceptors (Lipinski definition) is 6. The van der Waals surface area contributed by atoms with Gasteiger partial charge in [0.25, 0.3) is 0 Å². The molecule has 210 valence electrons. The van der Waals surface area contributed by atoms with Crippen LogP contribution in [0.3, 0.4) is 0 Å². The molecule has 3 aromatic carbocycles. The first-order chi connectivity index (χ1) is 19.3. The summed E-state index contributed by atoms with van der Waals surface area (Å²) in [5.41, 5.74) is 3.23. The van der Waals surface area contributed by atoms with Crippen molar-refractivity contribution in [1.82, 2.24) is 0 Å². The molecule has 0 spiro atoms. The van der Waals surface area contributed by atoms with Gasteiger partial charge in [-0.05, 0) is 16.7 Å². The highest BCUT2D eigenvalue weighted by Crippen LogP contribution is 2.31. The molecule has 6 nitrogen and oxygen atoms in total. The van der Waals surface area contributed by atoms with Gasteiger partial charge in [-0.2, -0.15) is 0 Å². The Hall–Kier alpha value is -1.62. The Balaban J connectivity index is 1.56. The summed E-state index contributed by atoms with van der Waals surface area (Å²) in [7, 11) is 0. The lowest BCUT2D eigenvalue weighted by Gasteiger charge is -2.45. The Morgan fingerprint density at radius 3 is 1.56 bits per heavy atom. The van der Waals surface area contributed by atoms with Crippen LogP contribution in [0.5, 0.6) is 0 Å². The Bertz CT molecular complexity index is 1040. The van der Waals surface area contributed by atoms with Crippen molar-refractivity contribution in [3.05, 3.63) is 108 Å². The van der Waals surface area contributed by atoms with E-state index in [-0.39, 0.29) is 0 Å². The van der Waals surface area contributed by atoms with Crippen LogP contribution in [0.1, 0.15) is 16.7 Å². The number of ether oxygens (including phenoxy) is 6. The first-order valence-corrected chi connectivity index (χ1v) is 15.5. The van der Waals surface area contributed by atoms with Gasteiger partial charge in [0.2, 0.25) is 0 Å². The van der Waals surface area contributed by atoms with Gasteiger partial charge in [-0.25, -0.2) is 0 Å². The van der Waals surface area contributed by atoms with Crippen molar-refractivity contribution in [2.24, 2.45) is 0 Å². The molecule has 4 rings (SSSR count). The third kappa shape index (κ3) is 9.76. The van der Waals surface area contributed by atoms with Crippen LogP contribution in [0, 0.1) is 0 Å². The second-order valence-electron chi connectivity index (χ2n) is 9.15. The van der Waals surface area contributed by atoms with Crippen molar-refractivity contribution >= 4 is 31.9 Å². The van der Waals surface area contributed by atoms with Crippen LogP contribution in [0.2, 0.25) is 0 Å². The van der Waals surface area contributed by atoms with Crippen molar-refractivity contribution in [3.63, 3.8) is 0 Å². The quantitative estimate of drug-likeness (QED) is 0.168. The van der Waals surface area contributed by atoms with Crippen LogP contribution in [0.25, 0.3) is 0 Å². The molecule has 0 amide bonds. The van der Waals surface area contributed by atoms with Gasteiger partial charge in [-0.15, -0.1) is 0 Å². The van der Waals surface area contributed by atoms with Gasteiger partial charge in [0, 0.05) is 10.7 Å². The fraction of sp³-hybridized carbons (Fsp3) is 0.419. The lowest BCUT2D eigenvalue weighted by Crippen LogP contribution is -2.62. The maximum absolute atomic E-state index is 6.59. The third-order valence-corrected chi connectivity index (χ3v) is 6.95. The molecule has 1 aliphatic heterocycles. The Labute approximate surface area is 248 Å². The van der Waals surface area contributed by atoms with Gasteiger partial charge in [0.05, 0.1) is 39.6 Å². The predicted octanol–water partition coefficient (Wildman–Crippen LogP) is 6.29. The highest BCUT2D eigenvalue weighted by molar-refractivity contribution is 9.09. The molecular weight excluding hydrogens is 628 g/mol. The molecule has 0 unspecified atom stereocenters. The summed E-state index contributed by atoms with van der Waals surface area (Å²) in [5.74, 6) is 0. The molecule has 0 bridgehead atoms. The minimum absolute atomic E-state index is 0.326. The molecule has 1 fully saturated rings. The number of benzene rings is 3. The Kier molecular flexibility index (Phi) is 13.4. The summed E-state index contributed by atoms with van der Waals surface area (Å²) in [5, 5.41) is 1.36. The van der Waals surface area contributed by atoms with E-state index in [0.717, 1.165) is 16.7 Å². The summed E-state index contributed by atoms with van der Waals surface area (Å²) >= 11 is 6.97. The molecule has 0 N–H and O–H groups in total.